The molecule has 1 saturated heterocycles. The van der Waals surface area contributed by atoms with Crippen LogP contribution in [0.4, 0.5) is 11.4 Å². The van der Waals surface area contributed by atoms with Gasteiger partial charge in [0.15, 0.2) is 0 Å². The lowest BCUT2D eigenvalue weighted by molar-refractivity contribution is -0.116. The zero-order chi connectivity index (χ0) is 14.5. The summed E-state index contributed by atoms with van der Waals surface area (Å²) < 4.78 is 0. The number of anilines is 2. The van der Waals surface area contributed by atoms with E-state index in [0.29, 0.717) is 12.3 Å². The SMILES string of the molecule is CC(C)CC(=O)Nc1ccc(N2CCC(C)CC2)cc1. The number of hydrogen-bond acceptors (Lipinski definition) is 2. The highest BCUT2D eigenvalue weighted by atomic mass is 16.1. The van der Waals surface area contributed by atoms with E-state index in [9.17, 15) is 4.79 Å². The predicted octanol–water partition coefficient (Wildman–Crippen LogP) is 3.91. The lowest BCUT2D eigenvalue weighted by atomic mass is 9.99. The minimum atomic E-state index is 0.0968. The molecule has 0 unspecified atom stereocenters. The third-order valence-corrected chi connectivity index (χ3v) is 3.89. The van der Waals surface area contributed by atoms with E-state index in [0.717, 1.165) is 24.7 Å². The number of nitrogens with one attached hydrogen (secondary N) is 1. The van der Waals surface area contributed by atoms with Gasteiger partial charge in [0.05, 0.1) is 0 Å². The van der Waals surface area contributed by atoms with Crippen molar-refractivity contribution in [1.82, 2.24) is 0 Å². The van der Waals surface area contributed by atoms with E-state index in [1.54, 1.807) is 0 Å². The van der Waals surface area contributed by atoms with Crippen molar-refractivity contribution in [3.8, 4) is 0 Å². The molecule has 3 nitrogen and oxygen atoms in total. The van der Waals surface area contributed by atoms with Crippen molar-refractivity contribution in [3.05, 3.63) is 24.3 Å². The summed E-state index contributed by atoms with van der Waals surface area (Å²) in [6.07, 6.45) is 3.12. The topological polar surface area (TPSA) is 32.3 Å². The Kier molecular flexibility index (Phi) is 5.05. The first-order valence-corrected chi connectivity index (χ1v) is 7.69. The van der Waals surface area contributed by atoms with Crippen LogP contribution in [0.2, 0.25) is 0 Å². The molecule has 0 saturated carbocycles. The molecule has 1 aliphatic heterocycles. The lowest BCUT2D eigenvalue weighted by Crippen LogP contribution is -2.32. The molecule has 1 N–H and O–H groups in total. The molecule has 0 spiro atoms. The second-order valence-corrected chi connectivity index (χ2v) is 6.36. The Bertz CT molecular complexity index is 431. The summed E-state index contributed by atoms with van der Waals surface area (Å²) in [5.41, 5.74) is 2.16. The van der Waals surface area contributed by atoms with E-state index in [4.69, 9.17) is 0 Å². The molecule has 1 amide bonds. The number of nitrogens with zero attached hydrogens (tertiary/aromatic N) is 1. The second-order valence-electron chi connectivity index (χ2n) is 6.36. The number of carbonyl (C=O) groups excluding carboxylic acids is 1. The highest BCUT2D eigenvalue weighted by Crippen LogP contribution is 2.24. The molecule has 2 rings (SSSR count). The monoisotopic (exact) mass is 274 g/mol. The molecule has 1 heterocycles. The molecule has 3 heteroatoms. The summed E-state index contributed by atoms with van der Waals surface area (Å²) in [4.78, 5) is 14.2. The Morgan fingerprint density at radius 2 is 1.85 bits per heavy atom. The van der Waals surface area contributed by atoms with E-state index in [-0.39, 0.29) is 5.91 Å². The third-order valence-electron chi connectivity index (χ3n) is 3.89. The third kappa shape index (κ3) is 4.26. The molecule has 0 bridgehead atoms. The van der Waals surface area contributed by atoms with Crippen molar-refractivity contribution in [3.63, 3.8) is 0 Å². The van der Waals surface area contributed by atoms with Gasteiger partial charge in [-0.3, -0.25) is 4.79 Å². The van der Waals surface area contributed by atoms with Crippen LogP contribution in [0.15, 0.2) is 24.3 Å². The van der Waals surface area contributed by atoms with Crippen molar-refractivity contribution in [1.29, 1.82) is 0 Å². The van der Waals surface area contributed by atoms with Gasteiger partial charge in [-0.1, -0.05) is 20.8 Å². The van der Waals surface area contributed by atoms with Gasteiger partial charge >= 0.3 is 0 Å². The molecule has 0 atom stereocenters. The average Bonchev–Trinajstić information content (AvgIpc) is 2.39. The zero-order valence-corrected chi connectivity index (χ0v) is 12.9. The van der Waals surface area contributed by atoms with Crippen LogP contribution >= 0.6 is 0 Å². The van der Waals surface area contributed by atoms with Crippen LogP contribution in [-0.4, -0.2) is 19.0 Å². The maximum absolute atomic E-state index is 11.7. The minimum absolute atomic E-state index is 0.0968. The Hall–Kier alpha value is -1.51. The number of rotatable bonds is 4. The Morgan fingerprint density at radius 1 is 1.25 bits per heavy atom. The van der Waals surface area contributed by atoms with Crippen molar-refractivity contribution in [2.75, 3.05) is 23.3 Å². The van der Waals surface area contributed by atoms with Crippen LogP contribution in [0.3, 0.4) is 0 Å². The summed E-state index contributed by atoms with van der Waals surface area (Å²) in [6.45, 7) is 8.71. The van der Waals surface area contributed by atoms with Crippen molar-refractivity contribution in [2.45, 2.75) is 40.0 Å². The van der Waals surface area contributed by atoms with Gasteiger partial charge in [0.25, 0.3) is 0 Å². The van der Waals surface area contributed by atoms with Crippen molar-refractivity contribution >= 4 is 17.3 Å². The first-order valence-electron chi connectivity index (χ1n) is 7.69. The van der Waals surface area contributed by atoms with Crippen LogP contribution < -0.4 is 10.2 Å². The Balaban J connectivity index is 1.91. The lowest BCUT2D eigenvalue weighted by Gasteiger charge is -2.32. The van der Waals surface area contributed by atoms with Crippen molar-refractivity contribution in [2.24, 2.45) is 11.8 Å². The molecular formula is C17H26N2O. The van der Waals surface area contributed by atoms with E-state index in [1.165, 1.54) is 18.5 Å². The van der Waals surface area contributed by atoms with E-state index >= 15 is 0 Å². The van der Waals surface area contributed by atoms with Gasteiger partial charge in [0, 0.05) is 30.9 Å². The maximum Gasteiger partial charge on any atom is 0.224 e. The van der Waals surface area contributed by atoms with E-state index < -0.39 is 0 Å². The molecule has 1 fully saturated rings. The molecule has 1 aliphatic rings. The minimum Gasteiger partial charge on any atom is -0.372 e. The molecule has 20 heavy (non-hydrogen) atoms. The van der Waals surface area contributed by atoms with Crippen LogP contribution in [0.25, 0.3) is 0 Å². The van der Waals surface area contributed by atoms with E-state index in [2.05, 4.69) is 43.1 Å². The molecule has 1 aromatic carbocycles. The number of benzene rings is 1. The predicted molar refractivity (Wildman–Crippen MR) is 85.1 cm³/mol. The Morgan fingerprint density at radius 3 is 2.40 bits per heavy atom. The van der Waals surface area contributed by atoms with Gasteiger partial charge < -0.3 is 10.2 Å². The second kappa shape index (κ2) is 6.78. The first kappa shape index (κ1) is 14.9. The maximum atomic E-state index is 11.7. The fraction of sp³-hybridized carbons (Fsp3) is 0.588. The summed E-state index contributed by atoms with van der Waals surface area (Å²) in [6, 6.07) is 8.24. The normalized spacial score (nSPS) is 16.5. The number of piperidine rings is 1. The fourth-order valence-electron chi connectivity index (χ4n) is 2.61. The van der Waals surface area contributed by atoms with Gasteiger partial charge in [0.1, 0.15) is 0 Å². The van der Waals surface area contributed by atoms with Gasteiger partial charge in [-0.25, -0.2) is 0 Å². The largest absolute Gasteiger partial charge is 0.372 e. The van der Waals surface area contributed by atoms with Gasteiger partial charge in [-0.05, 0) is 48.9 Å². The number of carbonyl (C=O) groups is 1. The van der Waals surface area contributed by atoms with Crippen LogP contribution in [0.5, 0.6) is 0 Å². The molecular weight excluding hydrogens is 248 g/mol. The number of hydrogen-bond donors (Lipinski definition) is 1. The quantitative estimate of drug-likeness (QED) is 0.903. The smallest absolute Gasteiger partial charge is 0.224 e. The zero-order valence-electron chi connectivity index (χ0n) is 12.9. The molecule has 110 valence electrons. The van der Waals surface area contributed by atoms with Crippen LogP contribution in [-0.2, 0) is 4.79 Å². The number of amides is 1. The van der Waals surface area contributed by atoms with Crippen molar-refractivity contribution < 1.29 is 4.79 Å². The Labute approximate surface area is 122 Å². The summed E-state index contributed by atoms with van der Waals surface area (Å²) in [5.74, 6) is 1.34. The standard InChI is InChI=1S/C17H26N2O/c1-13(2)12-17(20)18-15-4-6-16(7-5-15)19-10-8-14(3)9-11-19/h4-7,13-14H,8-12H2,1-3H3,(H,18,20). The first-order chi connectivity index (χ1) is 9.54. The van der Waals surface area contributed by atoms with Crippen LogP contribution in [0, 0.1) is 11.8 Å². The average molecular weight is 274 g/mol. The molecule has 0 aromatic heterocycles. The molecule has 1 aromatic rings. The molecule has 0 radical (unpaired) electrons. The fourth-order valence-corrected chi connectivity index (χ4v) is 2.61. The van der Waals surface area contributed by atoms with E-state index in [1.807, 2.05) is 12.1 Å². The summed E-state index contributed by atoms with van der Waals surface area (Å²) in [5, 5.41) is 2.95. The van der Waals surface area contributed by atoms with Gasteiger partial charge in [-0.15, -0.1) is 0 Å². The summed E-state index contributed by atoms with van der Waals surface area (Å²) in [7, 11) is 0. The van der Waals surface area contributed by atoms with Gasteiger partial charge in [0.2, 0.25) is 5.91 Å². The van der Waals surface area contributed by atoms with Gasteiger partial charge in [-0.2, -0.15) is 0 Å². The summed E-state index contributed by atoms with van der Waals surface area (Å²) >= 11 is 0. The van der Waals surface area contributed by atoms with Crippen LogP contribution in [0.1, 0.15) is 40.0 Å². The highest BCUT2D eigenvalue weighted by Gasteiger charge is 2.15. The molecule has 0 aliphatic carbocycles. The highest BCUT2D eigenvalue weighted by molar-refractivity contribution is 5.90.